The van der Waals surface area contributed by atoms with Crippen molar-refractivity contribution in [1.29, 1.82) is 0 Å². The van der Waals surface area contributed by atoms with E-state index in [1.165, 1.54) is 0 Å². The van der Waals surface area contributed by atoms with E-state index >= 15 is 0 Å². The number of aliphatic hydroxyl groups is 1. The SMILES string of the molecule is CCOC(CCC(C)=CCCC(=O)O)C(C)(C)O. The van der Waals surface area contributed by atoms with Crippen LogP contribution in [0.3, 0.4) is 0 Å². The van der Waals surface area contributed by atoms with Gasteiger partial charge in [-0.25, -0.2) is 0 Å². The molecule has 0 radical (unpaired) electrons. The molecule has 0 saturated heterocycles. The second-order valence-corrected chi connectivity index (χ2v) is 5.12. The van der Waals surface area contributed by atoms with Gasteiger partial charge in [0.1, 0.15) is 0 Å². The minimum Gasteiger partial charge on any atom is -0.481 e. The quantitative estimate of drug-likeness (QED) is 0.624. The third-order valence-electron chi connectivity index (χ3n) is 2.81. The van der Waals surface area contributed by atoms with Gasteiger partial charge in [-0.05, 0) is 47.0 Å². The molecule has 0 aromatic carbocycles. The van der Waals surface area contributed by atoms with Gasteiger partial charge in [-0.2, -0.15) is 0 Å². The highest BCUT2D eigenvalue weighted by molar-refractivity contribution is 5.66. The van der Waals surface area contributed by atoms with E-state index in [1.54, 1.807) is 13.8 Å². The molecule has 0 aliphatic heterocycles. The van der Waals surface area contributed by atoms with Crippen LogP contribution in [-0.4, -0.2) is 34.5 Å². The highest BCUT2D eigenvalue weighted by atomic mass is 16.5. The van der Waals surface area contributed by atoms with Gasteiger partial charge in [0.2, 0.25) is 0 Å². The molecule has 0 bridgehead atoms. The second kappa shape index (κ2) is 8.27. The molecule has 0 saturated carbocycles. The Morgan fingerprint density at radius 1 is 1.39 bits per heavy atom. The van der Waals surface area contributed by atoms with E-state index in [0.29, 0.717) is 13.0 Å². The summed E-state index contributed by atoms with van der Waals surface area (Å²) in [6, 6.07) is 0. The van der Waals surface area contributed by atoms with E-state index in [1.807, 2.05) is 19.9 Å². The lowest BCUT2D eigenvalue weighted by Gasteiger charge is -2.29. The maximum atomic E-state index is 10.4. The van der Waals surface area contributed by atoms with Crippen molar-refractivity contribution in [3.8, 4) is 0 Å². The third-order valence-corrected chi connectivity index (χ3v) is 2.81. The number of allylic oxidation sites excluding steroid dienone is 2. The zero-order chi connectivity index (χ0) is 14.2. The third kappa shape index (κ3) is 8.25. The molecule has 1 unspecified atom stereocenters. The van der Waals surface area contributed by atoms with Crippen molar-refractivity contribution in [2.45, 2.75) is 65.1 Å². The van der Waals surface area contributed by atoms with E-state index in [4.69, 9.17) is 9.84 Å². The van der Waals surface area contributed by atoms with Crippen LogP contribution < -0.4 is 0 Å². The van der Waals surface area contributed by atoms with Crippen LogP contribution >= 0.6 is 0 Å². The summed E-state index contributed by atoms with van der Waals surface area (Å²) in [5.41, 5.74) is 0.294. The lowest BCUT2D eigenvalue weighted by atomic mass is 9.95. The first-order chi connectivity index (χ1) is 8.27. The molecule has 0 fully saturated rings. The molecular formula is C14H26O4. The van der Waals surface area contributed by atoms with Crippen molar-refractivity contribution in [2.75, 3.05) is 6.61 Å². The number of hydrogen-bond donors (Lipinski definition) is 2. The van der Waals surface area contributed by atoms with Gasteiger partial charge < -0.3 is 14.9 Å². The number of ether oxygens (including phenoxy) is 1. The average Bonchev–Trinajstić information content (AvgIpc) is 2.21. The Kier molecular flexibility index (Phi) is 7.87. The van der Waals surface area contributed by atoms with Crippen molar-refractivity contribution in [3.05, 3.63) is 11.6 Å². The summed E-state index contributed by atoms with van der Waals surface area (Å²) < 4.78 is 5.53. The maximum Gasteiger partial charge on any atom is 0.303 e. The Balaban J connectivity index is 4.14. The number of carboxylic acid groups (broad SMARTS) is 1. The first kappa shape index (κ1) is 17.1. The Hall–Kier alpha value is -0.870. The predicted molar refractivity (Wildman–Crippen MR) is 71.6 cm³/mol. The molecule has 0 amide bonds. The molecule has 0 spiro atoms. The Morgan fingerprint density at radius 3 is 2.44 bits per heavy atom. The standard InChI is InChI=1S/C14H26O4/c1-5-18-12(14(3,4)17)10-9-11(2)7-6-8-13(15)16/h7,12,17H,5-6,8-10H2,1-4H3,(H,15,16). The number of hydrogen-bond acceptors (Lipinski definition) is 3. The van der Waals surface area contributed by atoms with Crippen LogP contribution in [0.15, 0.2) is 11.6 Å². The van der Waals surface area contributed by atoms with E-state index in [0.717, 1.165) is 18.4 Å². The molecule has 4 nitrogen and oxygen atoms in total. The van der Waals surface area contributed by atoms with Crippen LogP contribution in [0.2, 0.25) is 0 Å². The fourth-order valence-corrected chi connectivity index (χ4v) is 1.74. The highest BCUT2D eigenvalue weighted by Crippen LogP contribution is 2.20. The average molecular weight is 258 g/mol. The lowest BCUT2D eigenvalue weighted by molar-refractivity contribution is -0.136. The highest BCUT2D eigenvalue weighted by Gasteiger charge is 2.26. The topological polar surface area (TPSA) is 66.8 Å². The zero-order valence-electron chi connectivity index (χ0n) is 11.9. The number of rotatable bonds is 9. The fourth-order valence-electron chi connectivity index (χ4n) is 1.74. The van der Waals surface area contributed by atoms with Gasteiger partial charge in [0.15, 0.2) is 0 Å². The number of carbonyl (C=O) groups is 1. The summed E-state index contributed by atoms with van der Waals surface area (Å²) >= 11 is 0. The summed E-state index contributed by atoms with van der Waals surface area (Å²) in [5, 5.41) is 18.5. The normalized spacial score (nSPS) is 14.6. The smallest absolute Gasteiger partial charge is 0.303 e. The molecule has 18 heavy (non-hydrogen) atoms. The molecule has 0 heterocycles. The Labute approximate surface area is 110 Å². The zero-order valence-corrected chi connectivity index (χ0v) is 11.9. The van der Waals surface area contributed by atoms with Gasteiger partial charge in [-0.1, -0.05) is 11.6 Å². The predicted octanol–water partition coefficient (Wildman–Crippen LogP) is 2.75. The first-order valence-corrected chi connectivity index (χ1v) is 6.48. The van der Waals surface area contributed by atoms with Crippen LogP contribution in [0.5, 0.6) is 0 Å². The molecule has 0 aliphatic carbocycles. The van der Waals surface area contributed by atoms with Gasteiger partial charge in [-0.15, -0.1) is 0 Å². The molecule has 2 N–H and O–H groups in total. The van der Waals surface area contributed by atoms with Crippen LogP contribution in [0, 0.1) is 0 Å². The van der Waals surface area contributed by atoms with Crippen LogP contribution in [-0.2, 0) is 9.53 Å². The van der Waals surface area contributed by atoms with Crippen LogP contribution in [0.1, 0.15) is 53.4 Å². The minimum absolute atomic E-state index is 0.164. The van der Waals surface area contributed by atoms with Crippen LogP contribution in [0.4, 0.5) is 0 Å². The van der Waals surface area contributed by atoms with Gasteiger partial charge in [-0.3, -0.25) is 4.79 Å². The van der Waals surface area contributed by atoms with Crippen molar-refractivity contribution in [1.82, 2.24) is 0 Å². The van der Waals surface area contributed by atoms with Gasteiger partial charge in [0, 0.05) is 13.0 Å². The number of carboxylic acids is 1. The van der Waals surface area contributed by atoms with Crippen molar-refractivity contribution in [2.24, 2.45) is 0 Å². The molecule has 4 heteroatoms. The Bertz CT molecular complexity index is 276. The first-order valence-electron chi connectivity index (χ1n) is 6.48. The maximum absolute atomic E-state index is 10.4. The van der Waals surface area contributed by atoms with Crippen molar-refractivity contribution < 1.29 is 19.7 Å². The van der Waals surface area contributed by atoms with E-state index in [9.17, 15) is 9.90 Å². The summed E-state index contributed by atoms with van der Waals surface area (Å²) in [5.74, 6) is -0.775. The van der Waals surface area contributed by atoms with Crippen LogP contribution in [0.25, 0.3) is 0 Å². The molecule has 0 aromatic rings. The Morgan fingerprint density at radius 2 is 2.00 bits per heavy atom. The molecule has 0 rings (SSSR count). The van der Waals surface area contributed by atoms with Gasteiger partial charge >= 0.3 is 5.97 Å². The van der Waals surface area contributed by atoms with Gasteiger partial charge in [0.05, 0.1) is 11.7 Å². The van der Waals surface area contributed by atoms with E-state index in [2.05, 4.69) is 0 Å². The monoisotopic (exact) mass is 258 g/mol. The molecule has 0 aromatic heterocycles. The molecule has 106 valence electrons. The minimum atomic E-state index is -0.850. The van der Waals surface area contributed by atoms with E-state index in [-0.39, 0.29) is 12.5 Å². The number of aliphatic carboxylic acids is 1. The summed E-state index contributed by atoms with van der Waals surface area (Å²) in [7, 11) is 0. The molecule has 1 atom stereocenters. The molecular weight excluding hydrogens is 232 g/mol. The summed E-state index contributed by atoms with van der Waals surface area (Å²) in [6.45, 7) is 7.97. The van der Waals surface area contributed by atoms with Crippen molar-refractivity contribution in [3.63, 3.8) is 0 Å². The second-order valence-electron chi connectivity index (χ2n) is 5.12. The fraction of sp³-hybridized carbons (Fsp3) is 0.786. The largest absolute Gasteiger partial charge is 0.481 e. The van der Waals surface area contributed by atoms with Crippen molar-refractivity contribution >= 4 is 5.97 Å². The molecule has 0 aliphatic rings. The summed E-state index contributed by atoms with van der Waals surface area (Å²) in [4.78, 5) is 10.4. The van der Waals surface area contributed by atoms with E-state index < -0.39 is 11.6 Å². The summed E-state index contributed by atoms with van der Waals surface area (Å²) in [6.07, 6.45) is 4.04. The van der Waals surface area contributed by atoms with Gasteiger partial charge in [0.25, 0.3) is 0 Å². The lowest BCUT2D eigenvalue weighted by Crippen LogP contribution is -2.38.